The van der Waals surface area contributed by atoms with Gasteiger partial charge < -0.3 is 15.0 Å². The Bertz CT molecular complexity index is 217. The van der Waals surface area contributed by atoms with Gasteiger partial charge in [-0.25, -0.2) is 0 Å². The molecule has 0 bridgehead atoms. The average Bonchev–Trinajstić information content (AvgIpc) is 2.24. The van der Waals surface area contributed by atoms with Gasteiger partial charge in [0.25, 0.3) is 0 Å². The summed E-state index contributed by atoms with van der Waals surface area (Å²) in [6.07, 6.45) is 4.94. The summed E-state index contributed by atoms with van der Waals surface area (Å²) in [6, 6.07) is -0.172. The molecule has 0 heterocycles. The third-order valence-corrected chi connectivity index (χ3v) is 3.43. The molecular weight excluding hydrogens is 204 g/mol. The Balaban J connectivity index is 2.17. The lowest BCUT2D eigenvalue weighted by Gasteiger charge is -2.30. The number of nitrogens with zero attached hydrogens (tertiary/aromatic N) is 1. The summed E-state index contributed by atoms with van der Waals surface area (Å²) in [4.78, 5) is 13.7. The molecule has 1 rings (SSSR count). The van der Waals surface area contributed by atoms with Crippen molar-refractivity contribution in [3.63, 3.8) is 0 Å². The molecule has 0 saturated heterocycles. The number of nitrogens with one attached hydrogen (secondary N) is 1. The normalized spacial score (nSPS) is 18.2. The number of ether oxygens (including phenoxy) is 1. The zero-order chi connectivity index (χ0) is 12.0. The monoisotopic (exact) mass is 228 g/mol. The summed E-state index contributed by atoms with van der Waals surface area (Å²) in [7, 11) is 5.36. The van der Waals surface area contributed by atoms with Crippen molar-refractivity contribution in [2.45, 2.75) is 31.7 Å². The van der Waals surface area contributed by atoms with Crippen molar-refractivity contribution in [3.05, 3.63) is 0 Å². The molecule has 4 heteroatoms. The van der Waals surface area contributed by atoms with Gasteiger partial charge in [0, 0.05) is 6.54 Å². The molecule has 1 aliphatic rings. The number of likely N-dealkylation sites (N-methyl/N-ethyl adjacent to an activating group) is 1. The minimum atomic E-state index is -0.172. The van der Waals surface area contributed by atoms with E-state index in [9.17, 15) is 4.79 Å². The first-order chi connectivity index (χ1) is 7.67. The second-order valence-electron chi connectivity index (χ2n) is 4.71. The molecule has 1 unspecified atom stereocenters. The van der Waals surface area contributed by atoms with Crippen molar-refractivity contribution in [1.29, 1.82) is 0 Å². The first-order valence-electron chi connectivity index (χ1n) is 6.11. The highest BCUT2D eigenvalue weighted by atomic mass is 16.5. The van der Waals surface area contributed by atoms with E-state index in [4.69, 9.17) is 4.74 Å². The van der Waals surface area contributed by atoms with Gasteiger partial charge in [-0.3, -0.25) is 4.79 Å². The molecule has 1 aliphatic carbocycles. The molecule has 0 aromatic rings. The quantitative estimate of drug-likeness (QED) is 0.657. The maximum Gasteiger partial charge on any atom is 0.322 e. The fraction of sp³-hybridized carbons (Fsp3) is 0.917. The van der Waals surface area contributed by atoms with Gasteiger partial charge in [-0.05, 0) is 45.8 Å². The first-order valence-corrected chi connectivity index (χ1v) is 6.11. The van der Waals surface area contributed by atoms with Gasteiger partial charge in [-0.15, -0.1) is 0 Å². The van der Waals surface area contributed by atoms with Crippen LogP contribution in [0.15, 0.2) is 0 Å². The molecule has 4 nitrogen and oxygen atoms in total. The van der Waals surface area contributed by atoms with E-state index in [1.807, 2.05) is 0 Å². The molecule has 0 aromatic carbocycles. The van der Waals surface area contributed by atoms with E-state index in [2.05, 4.69) is 17.3 Å². The van der Waals surface area contributed by atoms with Crippen molar-refractivity contribution in [2.24, 2.45) is 5.92 Å². The van der Waals surface area contributed by atoms with Crippen LogP contribution in [0.2, 0.25) is 0 Å². The third kappa shape index (κ3) is 4.10. The number of methoxy groups -OCH3 is 1. The number of carbonyl (C=O) groups is 1. The van der Waals surface area contributed by atoms with Crippen LogP contribution in [-0.2, 0) is 9.53 Å². The summed E-state index contributed by atoms with van der Waals surface area (Å²) in [6.45, 7) is 2.11. The molecule has 1 fully saturated rings. The van der Waals surface area contributed by atoms with Crippen LogP contribution in [0.25, 0.3) is 0 Å². The molecule has 16 heavy (non-hydrogen) atoms. The minimum Gasteiger partial charge on any atom is -0.468 e. The smallest absolute Gasteiger partial charge is 0.322 e. The van der Waals surface area contributed by atoms with Gasteiger partial charge >= 0.3 is 5.97 Å². The van der Waals surface area contributed by atoms with Gasteiger partial charge in [0.05, 0.1) is 7.11 Å². The second kappa shape index (κ2) is 6.86. The SMILES string of the molecule is CNC(CCN(C)CC1CCC1)C(=O)OC. The highest BCUT2D eigenvalue weighted by Gasteiger charge is 2.21. The van der Waals surface area contributed by atoms with E-state index in [0.717, 1.165) is 25.4 Å². The summed E-state index contributed by atoms with van der Waals surface area (Å²) >= 11 is 0. The lowest BCUT2D eigenvalue weighted by molar-refractivity contribution is -0.143. The molecule has 0 aliphatic heterocycles. The van der Waals surface area contributed by atoms with E-state index in [1.165, 1.54) is 26.4 Å². The van der Waals surface area contributed by atoms with Gasteiger partial charge in [-0.1, -0.05) is 6.42 Å². The Morgan fingerprint density at radius 3 is 2.69 bits per heavy atom. The van der Waals surface area contributed by atoms with Crippen LogP contribution in [0.4, 0.5) is 0 Å². The van der Waals surface area contributed by atoms with Crippen molar-refractivity contribution < 1.29 is 9.53 Å². The molecule has 0 amide bonds. The number of rotatable bonds is 7. The van der Waals surface area contributed by atoms with Gasteiger partial charge in [0.2, 0.25) is 0 Å². The Morgan fingerprint density at radius 1 is 1.56 bits per heavy atom. The van der Waals surface area contributed by atoms with Crippen LogP contribution in [0.3, 0.4) is 0 Å². The maximum atomic E-state index is 11.3. The van der Waals surface area contributed by atoms with Crippen LogP contribution < -0.4 is 5.32 Å². The van der Waals surface area contributed by atoms with Crippen LogP contribution >= 0.6 is 0 Å². The lowest BCUT2D eigenvalue weighted by Crippen LogP contribution is -2.39. The van der Waals surface area contributed by atoms with Crippen LogP contribution in [0.5, 0.6) is 0 Å². The maximum absolute atomic E-state index is 11.3. The topological polar surface area (TPSA) is 41.6 Å². The Hall–Kier alpha value is -0.610. The molecular formula is C12H24N2O2. The van der Waals surface area contributed by atoms with Gasteiger partial charge in [0.15, 0.2) is 0 Å². The molecule has 1 atom stereocenters. The number of esters is 1. The zero-order valence-electron chi connectivity index (χ0n) is 10.7. The highest BCUT2D eigenvalue weighted by molar-refractivity contribution is 5.75. The van der Waals surface area contributed by atoms with Crippen molar-refractivity contribution in [3.8, 4) is 0 Å². The van der Waals surface area contributed by atoms with Crippen LogP contribution in [0.1, 0.15) is 25.7 Å². The molecule has 94 valence electrons. The zero-order valence-corrected chi connectivity index (χ0v) is 10.7. The molecule has 1 saturated carbocycles. The van der Waals surface area contributed by atoms with Crippen molar-refractivity contribution in [1.82, 2.24) is 10.2 Å². The van der Waals surface area contributed by atoms with E-state index in [0.29, 0.717) is 0 Å². The highest BCUT2D eigenvalue weighted by Crippen LogP contribution is 2.26. The molecule has 0 radical (unpaired) electrons. The van der Waals surface area contributed by atoms with Crippen molar-refractivity contribution in [2.75, 3.05) is 34.3 Å². The summed E-state index contributed by atoms with van der Waals surface area (Å²) in [5.74, 6) is 0.718. The summed E-state index contributed by atoms with van der Waals surface area (Å²) in [5, 5.41) is 2.99. The standard InChI is InChI=1S/C12H24N2O2/c1-13-11(12(15)16-3)7-8-14(2)9-10-5-4-6-10/h10-11,13H,4-9H2,1-3H3. The number of hydrogen-bond donors (Lipinski definition) is 1. The van der Waals surface area contributed by atoms with Crippen molar-refractivity contribution >= 4 is 5.97 Å². The van der Waals surface area contributed by atoms with E-state index in [1.54, 1.807) is 7.05 Å². The molecule has 0 aromatic heterocycles. The predicted molar refractivity (Wildman–Crippen MR) is 64.3 cm³/mol. The predicted octanol–water partition coefficient (Wildman–Crippen LogP) is 0.869. The van der Waals surface area contributed by atoms with E-state index < -0.39 is 0 Å². The van der Waals surface area contributed by atoms with E-state index >= 15 is 0 Å². The first kappa shape index (κ1) is 13.5. The summed E-state index contributed by atoms with van der Waals surface area (Å²) in [5.41, 5.74) is 0. The average molecular weight is 228 g/mol. The minimum absolute atomic E-state index is 0.167. The largest absolute Gasteiger partial charge is 0.468 e. The second-order valence-corrected chi connectivity index (χ2v) is 4.71. The van der Waals surface area contributed by atoms with Crippen LogP contribution in [0, 0.1) is 5.92 Å². The van der Waals surface area contributed by atoms with Gasteiger partial charge in [-0.2, -0.15) is 0 Å². The number of carbonyl (C=O) groups excluding carboxylic acids is 1. The van der Waals surface area contributed by atoms with Crippen LogP contribution in [-0.4, -0.2) is 51.2 Å². The fourth-order valence-electron chi connectivity index (χ4n) is 2.08. The van der Waals surface area contributed by atoms with E-state index in [-0.39, 0.29) is 12.0 Å². The van der Waals surface area contributed by atoms with Gasteiger partial charge in [0.1, 0.15) is 6.04 Å². The lowest BCUT2D eigenvalue weighted by atomic mass is 9.85. The molecule has 0 spiro atoms. The summed E-state index contributed by atoms with van der Waals surface area (Å²) < 4.78 is 4.73. The Kier molecular flexibility index (Phi) is 5.77. The fourth-order valence-corrected chi connectivity index (χ4v) is 2.08. The molecule has 1 N–H and O–H groups in total. The number of hydrogen-bond acceptors (Lipinski definition) is 4. The Labute approximate surface area is 98.3 Å². The Morgan fingerprint density at radius 2 is 2.25 bits per heavy atom. The third-order valence-electron chi connectivity index (χ3n) is 3.43.